The fourth-order valence-corrected chi connectivity index (χ4v) is 4.25. The number of rotatable bonds is 6. The number of hydrogen-bond acceptors (Lipinski definition) is 4. The number of halogens is 1. The summed E-state index contributed by atoms with van der Waals surface area (Å²) in [6.07, 6.45) is 0. The number of aryl methyl sites for hydroxylation is 1. The molecule has 1 aliphatic heterocycles. The molecule has 26 heavy (non-hydrogen) atoms. The Bertz CT molecular complexity index is 603. The highest BCUT2D eigenvalue weighted by Crippen LogP contribution is 2.29. The van der Waals surface area contributed by atoms with E-state index < -0.39 is 0 Å². The number of ether oxygens (including phenoxy) is 1. The van der Waals surface area contributed by atoms with E-state index in [0.717, 1.165) is 43.6 Å². The zero-order valence-corrected chi connectivity index (χ0v) is 20.1. The van der Waals surface area contributed by atoms with E-state index in [0.29, 0.717) is 13.2 Å². The minimum absolute atomic E-state index is 0. The van der Waals surface area contributed by atoms with Crippen molar-refractivity contribution in [2.75, 3.05) is 39.1 Å². The molecule has 0 radical (unpaired) electrons. The Morgan fingerprint density at radius 1 is 1.38 bits per heavy atom. The third kappa shape index (κ3) is 6.30. The highest BCUT2D eigenvalue weighted by Gasteiger charge is 2.28. The topological polar surface area (TPSA) is 54.7 Å². The number of hydrogen-bond donors (Lipinski definition) is 1. The van der Waals surface area contributed by atoms with Crippen molar-refractivity contribution in [1.29, 1.82) is 0 Å². The predicted molar refractivity (Wildman–Crippen MR) is 122 cm³/mol. The molecule has 0 aliphatic carbocycles. The molecule has 0 saturated carbocycles. The smallest absolute Gasteiger partial charge is 0.194 e. The molecule has 0 atom stereocenters. The lowest BCUT2D eigenvalue weighted by molar-refractivity contribution is 0.182. The average Bonchev–Trinajstić information content (AvgIpc) is 2.82. The molecule has 150 valence electrons. The van der Waals surface area contributed by atoms with Crippen molar-refractivity contribution in [2.45, 2.75) is 52.5 Å². The normalized spacial score (nSPS) is 17.2. The summed E-state index contributed by atoms with van der Waals surface area (Å²) >= 11 is 2.04. The second kappa shape index (κ2) is 10.8. The van der Waals surface area contributed by atoms with Gasteiger partial charge in [0.2, 0.25) is 0 Å². The van der Waals surface area contributed by atoms with Crippen LogP contribution in [0.3, 0.4) is 0 Å². The van der Waals surface area contributed by atoms with Crippen molar-refractivity contribution in [3.05, 3.63) is 17.0 Å². The fourth-order valence-electron chi connectivity index (χ4n) is 3.14. The number of nitrogens with one attached hydrogen (secondary N) is 1. The first-order valence-corrected chi connectivity index (χ1v) is 10.1. The molecule has 0 unspecified atom stereocenters. The quantitative estimate of drug-likeness (QED) is 0.374. The van der Waals surface area contributed by atoms with Gasteiger partial charge in [0.25, 0.3) is 0 Å². The van der Waals surface area contributed by atoms with E-state index in [-0.39, 0.29) is 28.7 Å². The summed E-state index contributed by atoms with van der Waals surface area (Å²) < 4.78 is 7.47. The van der Waals surface area contributed by atoms with E-state index >= 15 is 0 Å². The van der Waals surface area contributed by atoms with Crippen LogP contribution in [0.5, 0.6) is 0 Å². The second-order valence-corrected chi connectivity index (χ2v) is 8.87. The van der Waals surface area contributed by atoms with E-state index in [1.54, 1.807) is 7.11 Å². The van der Waals surface area contributed by atoms with Crippen molar-refractivity contribution in [3.63, 3.8) is 0 Å². The van der Waals surface area contributed by atoms with E-state index in [1.165, 1.54) is 11.3 Å². The van der Waals surface area contributed by atoms with Crippen LogP contribution < -0.4 is 5.32 Å². The van der Waals surface area contributed by atoms with E-state index in [9.17, 15) is 0 Å². The number of methoxy groups -OCH3 is 1. The van der Waals surface area contributed by atoms with Gasteiger partial charge in [-0.1, -0.05) is 0 Å². The fraction of sp³-hybridized carbons (Fsp3) is 0.778. The lowest BCUT2D eigenvalue weighted by atomic mass is 10.2. The molecule has 2 rings (SSSR count). The van der Waals surface area contributed by atoms with Crippen molar-refractivity contribution in [1.82, 2.24) is 20.0 Å². The van der Waals surface area contributed by atoms with Gasteiger partial charge in [0.05, 0.1) is 25.4 Å². The molecule has 1 fully saturated rings. The molecule has 2 heterocycles. The first-order chi connectivity index (χ1) is 11.9. The Kier molecular flexibility index (Phi) is 9.74. The van der Waals surface area contributed by atoms with E-state index in [1.807, 2.05) is 16.4 Å². The van der Waals surface area contributed by atoms with Gasteiger partial charge < -0.3 is 15.0 Å². The summed E-state index contributed by atoms with van der Waals surface area (Å²) in [6.45, 7) is 16.0. The summed E-state index contributed by atoms with van der Waals surface area (Å²) in [5, 5.41) is 8.10. The molecule has 8 heteroatoms. The van der Waals surface area contributed by atoms with Crippen molar-refractivity contribution in [2.24, 2.45) is 4.99 Å². The Hall–Kier alpha value is -0.480. The third-order valence-corrected chi connectivity index (χ3v) is 5.78. The molecule has 0 bridgehead atoms. The largest absolute Gasteiger partial charge is 0.383 e. The molecule has 1 aromatic rings. The van der Waals surface area contributed by atoms with Gasteiger partial charge in [0.15, 0.2) is 5.96 Å². The van der Waals surface area contributed by atoms with E-state index in [2.05, 4.69) is 49.9 Å². The average molecular weight is 495 g/mol. The first-order valence-electron chi connectivity index (χ1n) is 9.07. The van der Waals surface area contributed by atoms with Crippen LogP contribution in [0.2, 0.25) is 0 Å². The predicted octanol–water partition coefficient (Wildman–Crippen LogP) is 3.06. The minimum Gasteiger partial charge on any atom is -0.383 e. The Morgan fingerprint density at radius 3 is 2.73 bits per heavy atom. The van der Waals surface area contributed by atoms with Gasteiger partial charge in [-0.05, 0) is 34.6 Å². The molecule has 6 nitrogen and oxygen atoms in total. The molecular weight excluding hydrogens is 461 g/mol. The van der Waals surface area contributed by atoms with E-state index in [4.69, 9.17) is 9.73 Å². The Labute approximate surface area is 179 Å². The highest BCUT2D eigenvalue weighted by atomic mass is 127. The van der Waals surface area contributed by atoms with Crippen LogP contribution in [0, 0.1) is 13.8 Å². The van der Waals surface area contributed by atoms with Gasteiger partial charge in [0.1, 0.15) is 0 Å². The lowest BCUT2D eigenvalue weighted by Gasteiger charge is -2.39. The number of aliphatic imine (C=N–C) groups is 1. The first kappa shape index (κ1) is 23.6. The van der Waals surface area contributed by atoms with Crippen LogP contribution in [-0.2, 0) is 17.8 Å². The number of nitrogens with zero attached hydrogens (tertiary/aromatic N) is 4. The maximum absolute atomic E-state index is 5.17. The maximum Gasteiger partial charge on any atom is 0.194 e. The summed E-state index contributed by atoms with van der Waals surface area (Å²) in [5.41, 5.74) is 3.46. The van der Waals surface area contributed by atoms with Gasteiger partial charge in [0, 0.05) is 48.5 Å². The minimum atomic E-state index is 0. The third-order valence-electron chi connectivity index (χ3n) is 4.49. The van der Waals surface area contributed by atoms with Crippen LogP contribution in [0.4, 0.5) is 0 Å². The molecule has 1 aliphatic rings. The molecule has 0 aromatic carbocycles. The number of guanidine groups is 1. The molecule has 0 spiro atoms. The van der Waals surface area contributed by atoms with Gasteiger partial charge in [-0.3, -0.25) is 4.68 Å². The maximum atomic E-state index is 5.17. The summed E-state index contributed by atoms with van der Waals surface area (Å²) in [7, 11) is 1.72. The Morgan fingerprint density at radius 2 is 2.12 bits per heavy atom. The highest BCUT2D eigenvalue weighted by molar-refractivity contribution is 14.0. The van der Waals surface area contributed by atoms with Crippen LogP contribution in [0.25, 0.3) is 0 Å². The monoisotopic (exact) mass is 495 g/mol. The van der Waals surface area contributed by atoms with Gasteiger partial charge >= 0.3 is 0 Å². The standard InChI is InChI=1S/C18H33N5OS.HI/c1-7-19-17(22-9-11-25-18(4,5)13-22)20-12-16-14(2)21-23(15(16)3)8-10-24-6;/h7-13H2,1-6H3,(H,19,20);1H. The van der Waals surface area contributed by atoms with Crippen molar-refractivity contribution in [3.8, 4) is 0 Å². The van der Waals surface area contributed by atoms with Crippen molar-refractivity contribution >= 4 is 41.7 Å². The molecule has 1 aromatic heterocycles. The van der Waals surface area contributed by atoms with Crippen LogP contribution in [0.15, 0.2) is 4.99 Å². The number of thioether (sulfide) groups is 1. The van der Waals surface area contributed by atoms with Crippen LogP contribution in [-0.4, -0.2) is 64.5 Å². The van der Waals surface area contributed by atoms with Gasteiger partial charge in [-0.25, -0.2) is 4.99 Å². The second-order valence-electron chi connectivity index (χ2n) is 7.07. The molecule has 1 N–H and O–H groups in total. The summed E-state index contributed by atoms with van der Waals surface area (Å²) in [5.74, 6) is 2.16. The molecule has 1 saturated heterocycles. The molecular formula is C18H34IN5OS. The lowest BCUT2D eigenvalue weighted by Crippen LogP contribution is -2.50. The van der Waals surface area contributed by atoms with Crippen LogP contribution >= 0.6 is 35.7 Å². The van der Waals surface area contributed by atoms with Gasteiger partial charge in [-0.2, -0.15) is 16.9 Å². The van der Waals surface area contributed by atoms with Gasteiger partial charge in [-0.15, -0.1) is 24.0 Å². The zero-order valence-electron chi connectivity index (χ0n) is 17.0. The Balaban J connectivity index is 0.00000338. The number of aromatic nitrogens is 2. The molecule has 0 amide bonds. The summed E-state index contributed by atoms with van der Waals surface area (Å²) in [4.78, 5) is 7.31. The zero-order chi connectivity index (χ0) is 18.4. The van der Waals surface area contributed by atoms with Crippen molar-refractivity contribution < 1.29 is 4.74 Å². The summed E-state index contributed by atoms with van der Waals surface area (Å²) in [6, 6.07) is 0. The SMILES string of the molecule is CCNC(=NCc1c(C)nn(CCOC)c1C)N1CCSC(C)(C)C1.I. The van der Waals surface area contributed by atoms with Crippen LogP contribution in [0.1, 0.15) is 37.7 Å².